The Hall–Kier alpha value is -4.02. The number of ether oxygens (including phenoxy) is 3. The van der Waals surface area contributed by atoms with Crippen molar-refractivity contribution in [3.05, 3.63) is 65.5 Å². The molecule has 0 unspecified atom stereocenters. The van der Waals surface area contributed by atoms with Crippen LogP contribution in [0.25, 0.3) is 5.69 Å². The van der Waals surface area contributed by atoms with Crippen LogP contribution in [-0.2, 0) is 10.9 Å². The Morgan fingerprint density at radius 3 is 2.30 bits per heavy atom. The second-order valence-corrected chi connectivity index (χ2v) is 6.58. The number of aromatic nitrogens is 2. The van der Waals surface area contributed by atoms with Crippen LogP contribution in [0.4, 0.5) is 18.9 Å². The molecule has 0 saturated carbocycles. The SMILES string of the molecule is CCOC(=O)c1cnn(-c2ccc(NC(=O)c3cccc(OC)c3OC)cc2)c1C(F)(F)F. The molecule has 3 aromatic rings. The molecular formula is C22H20F3N3O5. The fraction of sp³-hybridized carbons (Fsp3) is 0.227. The van der Waals surface area contributed by atoms with Crippen molar-refractivity contribution < 1.29 is 37.0 Å². The third-order valence-electron chi connectivity index (χ3n) is 4.55. The highest BCUT2D eigenvalue weighted by molar-refractivity contribution is 6.06. The number of amides is 1. The molecule has 0 atom stereocenters. The minimum absolute atomic E-state index is 0.0369. The van der Waals surface area contributed by atoms with E-state index in [9.17, 15) is 22.8 Å². The zero-order chi connectivity index (χ0) is 24.2. The van der Waals surface area contributed by atoms with Gasteiger partial charge in [-0.2, -0.15) is 18.3 Å². The predicted octanol–water partition coefficient (Wildman–Crippen LogP) is 4.34. The van der Waals surface area contributed by atoms with Crippen molar-refractivity contribution in [3.8, 4) is 17.2 Å². The van der Waals surface area contributed by atoms with Crippen molar-refractivity contribution in [1.29, 1.82) is 0 Å². The molecule has 1 N–H and O–H groups in total. The highest BCUT2D eigenvalue weighted by Crippen LogP contribution is 2.34. The second kappa shape index (κ2) is 9.63. The van der Waals surface area contributed by atoms with Crippen LogP contribution in [0.15, 0.2) is 48.7 Å². The Kier molecular flexibility index (Phi) is 6.90. The van der Waals surface area contributed by atoms with E-state index in [-0.39, 0.29) is 23.6 Å². The highest BCUT2D eigenvalue weighted by atomic mass is 19.4. The Balaban J connectivity index is 1.89. The number of methoxy groups -OCH3 is 2. The molecule has 0 aliphatic heterocycles. The summed E-state index contributed by atoms with van der Waals surface area (Å²) in [5, 5.41) is 6.36. The third kappa shape index (κ3) is 4.92. The van der Waals surface area contributed by atoms with Crippen LogP contribution in [-0.4, -0.2) is 42.5 Å². The molecule has 0 aliphatic rings. The molecule has 3 rings (SSSR count). The van der Waals surface area contributed by atoms with Crippen LogP contribution in [0.3, 0.4) is 0 Å². The molecule has 1 heterocycles. The Morgan fingerprint density at radius 2 is 1.73 bits per heavy atom. The van der Waals surface area contributed by atoms with Gasteiger partial charge in [-0.15, -0.1) is 0 Å². The average molecular weight is 463 g/mol. The first kappa shape index (κ1) is 23.6. The second-order valence-electron chi connectivity index (χ2n) is 6.58. The Morgan fingerprint density at radius 1 is 1.03 bits per heavy atom. The molecule has 1 amide bonds. The number of halogens is 3. The van der Waals surface area contributed by atoms with Gasteiger partial charge in [-0.05, 0) is 43.3 Å². The van der Waals surface area contributed by atoms with Crippen molar-refractivity contribution >= 4 is 17.6 Å². The van der Waals surface area contributed by atoms with Crippen LogP contribution < -0.4 is 14.8 Å². The van der Waals surface area contributed by atoms with Crippen LogP contribution in [0.1, 0.15) is 33.3 Å². The summed E-state index contributed by atoms with van der Waals surface area (Å²) in [6.45, 7) is 1.41. The molecule has 0 fully saturated rings. The summed E-state index contributed by atoms with van der Waals surface area (Å²) in [6, 6.07) is 10.3. The zero-order valence-corrected chi connectivity index (χ0v) is 17.9. The largest absolute Gasteiger partial charge is 0.493 e. The number of nitrogens with one attached hydrogen (secondary N) is 1. The number of carbonyl (C=O) groups is 2. The molecule has 11 heteroatoms. The summed E-state index contributed by atoms with van der Waals surface area (Å²) in [7, 11) is 2.84. The van der Waals surface area contributed by atoms with Gasteiger partial charge < -0.3 is 19.5 Å². The van der Waals surface area contributed by atoms with E-state index >= 15 is 0 Å². The molecule has 0 aliphatic carbocycles. The fourth-order valence-corrected chi connectivity index (χ4v) is 3.13. The first-order valence-corrected chi connectivity index (χ1v) is 9.66. The lowest BCUT2D eigenvalue weighted by atomic mass is 10.1. The van der Waals surface area contributed by atoms with Crippen molar-refractivity contribution in [3.63, 3.8) is 0 Å². The van der Waals surface area contributed by atoms with Crippen LogP contribution in [0, 0.1) is 0 Å². The van der Waals surface area contributed by atoms with Crippen molar-refractivity contribution in [1.82, 2.24) is 9.78 Å². The van der Waals surface area contributed by atoms with Gasteiger partial charge in [-0.1, -0.05) is 6.07 Å². The Bertz CT molecular complexity index is 1160. The van der Waals surface area contributed by atoms with Gasteiger partial charge in [0.15, 0.2) is 17.2 Å². The number of para-hydroxylation sites is 1. The van der Waals surface area contributed by atoms with E-state index in [0.29, 0.717) is 16.1 Å². The van der Waals surface area contributed by atoms with E-state index in [1.54, 1.807) is 18.2 Å². The molecule has 8 nitrogen and oxygen atoms in total. The predicted molar refractivity (Wildman–Crippen MR) is 112 cm³/mol. The molecule has 1 aromatic heterocycles. The number of rotatable bonds is 7. The maximum Gasteiger partial charge on any atom is 0.434 e. The lowest BCUT2D eigenvalue weighted by Gasteiger charge is -2.14. The maximum absolute atomic E-state index is 13.7. The standard InChI is InChI=1S/C22H20F3N3O5/c1-4-33-21(30)16-12-26-28(19(16)22(23,24)25)14-10-8-13(9-11-14)27-20(29)15-6-5-7-17(31-2)18(15)32-3/h5-12H,4H2,1-3H3,(H,27,29). The van der Waals surface area contributed by atoms with Gasteiger partial charge in [0.25, 0.3) is 5.91 Å². The Labute approximate surface area is 186 Å². The number of anilines is 1. The fourth-order valence-electron chi connectivity index (χ4n) is 3.13. The average Bonchev–Trinajstić information content (AvgIpc) is 3.25. The van der Waals surface area contributed by atoms with Crippen molar-refractivity contribution in [2.24, 2.45) is 0 Å². The van der Waals surface area contributed by atoms with Gasteiger partial charge in [0, 0.05) is 5.69 Å². The van der Waals surface area contributed by atoms with Gasteiger partial charge in [-0.3, -0.25) is 4.79 Å². The zero-order valence-electron chi connectivity index (χ0n) is 17.9. The lowest BCUT2D eigenvalue weighted by Crippen LogP contribution is -2.18. The molecule has 0 bridgehead atoms. The topological polar surface area (TPSA) is 91.7 Å². The van der Waals surface area contributed by atoms with E-state index < -0.39 is 29.3 Å². The molecular weight excluding hydrogens is 443 g/mol. The minimum atomic E-state index is -4.85. The van der Waals surface area contributed by atoms with E-state index in [2.05, 4.69) is 10.4 Å². The first-order valence-electron chi connectivity index (χ1n) is 9.66. The van der Waals surface area contributed by atoms with Crippen LogP contribution in [0.2, 0.25) is 0 Å². The number of esters is 1. The van der Waals surface area contributed by atoms with E-state index in [1.165, 1.54) is 45.4 Å². The van der Waals surface area contributed by atoms with Crippen molar-refractivity contribution in [2.75, 3.05) is 26.1 Å². The lowest BCUT2D eigenvalue weighted by molar-refractivity contribution is -0.143. The first-order chi connectivity index (χ1) is 15.7. The number of nitrogens with zero attached hydrogens (tertiary/aromatic N) is 2. The molecule has 0 saturated heterocycles. The summed E-state index contributed by atoms with van der Waals surface area (Å²) in [5.41, 5.74) is -1.37. The number of carbonyl (C=O) groups excluding carboxylic acids is 2. The smallest absolute Gasteiger partial charge is 0.434 e. The summed E-state index contributed by atoms with van der Waals surface area (Å²) < 4.78 is 56.7. The third-order valence-corrected chi connectivity index (χ3v) is 4.55. The van der Waals surface area contributed by atoms with E-state index in [1.807, 2.05) is 0 Å². The highest BCUT2D eigenvalue weighted by Gasteiger charge is 2.41. The molecule has 33 heavy (non-hydrogen) atoms. The summed E-state index contributed by atoms with van der Waals surface area (Å²) in [5.74, 6) is -1.01. The van der Waals surface area contributed by atoms with Gasteiger partial charge in [-0.25, -0.2) is 9.48 Å². The normalized spacial score (nSPS) is 11.1. The monoisotopic (exact) mass is 463 g/mol. The number of hydrogen-bond acceptors (Lipinski definition) is 6. The number of hydrogen-bond donors (Lipinski definition) is 1. The van der Waals surface area contributed by atoms with Gasteiger partial charge in [0.05, 0.1) is 38.3 Å². The van der Waals surface area contributed by atoms with Gasteiger partial charge >= 0.3 is 12.1 Å². The quantitative estimate of drug-likeness (QED) is 0.525. The van der Waals surface area contributed by atoms with Crippen LogP contribution in [0.5, 0.6) is 11.5 Å². The van der Waals surface area contributed by atoms with Crippen LogP contribution >= 0.6 is 0 Å². The van der Waals surface area contributed by atoms with Gasteiger partial charge in [0.2, 0.25) is 0 Å². The summed E-state index contributed by atoms with van der Waals surface area (Å²) >= 11 is 0. The molecule has 0 radical (unpaired) electrons. The summed E-state index contributed by atoms with van der Waals surface area (Å²) in [4.78, 5) is 24.6. The van der Waals surface area contributed by atoms with E-state index in [0.717, 1.165) is 6.20 Å². The van der Waals surface area contributed by atoms with E-state index in [4.69, 9.17) is 14.2 Å². The molecule has 0 spiro atoms. The maximum atomic E-state index is 13.7. The summed E-state index contributed by atoms with van der Waals surface area (Å²) in [6.07, 6.45) is -4.04. The van der Waals surface area contributed by atoms with Crippen molar-refractivity contribution in [2.45, 2.75) is 13.1 Å². The number of alkyl halides is 3. The molecule has 2 aromatic carbocycles. The molecule has 174 valence electrons. The minimum Gasteiger partial charge on any atom is -0.493 e. The number of benzene rings is 2. The van der Waals surface area contributed by atoms with Gasteiger partial charge in [0.1, 0.15) is 5.56 Å².